The summed E-state index contributed by atoms with van der Waals surface area (Å²) in [7, 11) is 0. The smallest absolute Gasteiger partial charge is 0.165 e. The summed E-state index contributed by atoms with van der Waals surface area (Å²) in [6.07, 6.45) is 2.23. The topological polar surface area (TPSA) is 24.4 Å². The zero-order valence-corrected chi connectivity index (χ0v) is 13.1. The fourth-order valence-electron chi connectivity index (χ4n) is 2.29. The molecule has 1 aliphatic rings. The second kappa shape index (κ2) is 6.19. The molecular weight excluding hydrogens is 276 g/mol. The number of nitrogens with one attached hydrogen (secondary N) is 1. The van der Waals surface area contributed by atoms with E-state index in [1.54, 1.807) is 11.8 Å². The third kappa shape index (κ3) is 3.19. The van der Waals surface area contributed by atoms with Crippen LogP contribution in [0.25, 0.3) is 11.0 Å². The van der Waals surface area contributed by atoms with Crippen molar-refractivity contribution >= 4 is 33.6 Å². The highest BCUT2D eigenvalue weighted by molar-refractivity contribution is 8.22. The maximum atomic E-state index is 4.52. The van der Waals surface area contributed by atoms with Crippen LogP contribution in [-0.2, 0) is 0 Å². The molecule has 0 atom stereocenters. The van der Waals surface area contributed by atoms with Gasteiger partial charge in [0.05, 0.1) is 0 Å². The van der Waals surface area contributed by atoms with Gasteiger partial charge in [-0.2, -0.15) is 0 Å². The number of aryl methyl sites for hydroxylation is 1. The number of anilines is 1. The number of hydrogen-bond donors (Lipinski definition) is 1. The normalized spacial score (nSPS) is 17.6. The van der Waals surface area contributed by atoms with Gasteiger partial charge >= 0.3 is 0 Å². The molecule has 1 aliphatic heterocycles. The molecule has 2 nitrogen and oxygen atoms in total. The van der Waals surface area contributed by atoms with Gasteiger partial charge in [-0.15, -0.1) is 0 Å². The van der Waals surface area contributed by atoms with Crippen LogP contribution in [0, 0.1) is 6.92 Å². The third-order valence-corrected chi connectivity index (χ3v) is 4.27. The summed E-state index contributed by atoms with van der Waals surface area (Å²) in [5, 5.41) is 4.38. The first kappa shape index (κ1) is 14.0. The first-order valence-corrected chi connectivity index (χ1v) is 7.95. The molecule has 0 unspecified atom stereocenters. The van der Waals surface area contributed by atoms with Crippen LogP contribution >= 0.6 is 11.8 Å². The average molecular weight is 294 g/mol. The van der Waals surface area contributed by atoms with Crippen LogP contribution in [-0.4, -0.2) is 11.7 Å². The standard InChI is InChI=1S/C18H18N2S/c1-3-19-18-20-16-10-9-13(2)11-15(16)17(21-18)12-14-7-5-4-6-8-14/h4-12H,3H2,1-2H3,(H,19,20)/b17-12-. The molecule has 3 heteroatoms. The molecule has 0 radical (unpaired) electrons. The molecule has 0 spiro atoms. The first-order chi connectivity index (χ1) is 10.3. The Labute approximate surface area is 130 Å². The van der Waals surface area contributed by atoms with E-state index < -0.39 is 0 Å². The lowest BCUT2D eigenvalue weighted by Crippen LogP contribution is -2.14. The Kier molecular flexibility index (Phi) is 4.11. The van der Waals surface area contributed by atoms with Gasteiger partial charge in [0.15, 0.2) is 5.17 Å². The van der Waals surface area contributed by atoms with Crippen molar-refractivity contribution in [1.82, 2.24) is 0 Å². The van der Waals surface area contributed by atoms with E-state index in [1.165, 1.54) is 21.6 Å². The SMILES string of the molecule is CCN=C1Nc2ccc(C)cc2/C(=C/c2ccccc2)S1. The van der Waals surface area contributed by atoms with Crippen molar-refractivity contribution in [3.8, 4) is 0 Å². The molecule has 1 N–H and O–H groups in total. The molecule has 21 heavy (non-hydrogen) atoms. The summed E-state index contributed by atoms with van der Waals surface area (Å²) < 4.78 is 0. The van der Waals surface area contributed by atoms with Crippen molar-refractivity contribution in [2.45, 2.75) is 13.8 Å². The lowest BCUT2D eigenvalue weighted by atomic mass is 10.1. The average Bonchev–Trinajstić information content (AvgIpc) is 2.49. The predicted octanol–water partition coefficient (Wildman–Crippen LogP) is 5.03. The quantitative estimate of drug-likeness (QED) is 0.840. The van der Waals surface area contributed by atoms with E-state index >= 15 is 0 Å². The lowest BCUT2D eigenvalue weighted by Gasteiger charge is -2.22. The van der Waals surface area contributed by atoms with Gasteiger partial charge in [0, 0.05) is 22.7 Å². The molecule has 2 aromatic carbocycles. The van der Waals surface area contributed by atoms with Gasteiger partial charge in [-0.3, -0.25) is 4.99 Å². The third-order valence-electron chi connectivity index (χ3n) is 3.29. The van der Waals surface area contributed by atoms with Gasteiger partial charge in [-0.1, -0.05) is 53.7 Å². The minimum Gasteiger partial charge on any atom is -0.334 e. The van der Waals surface area contributed by atoms with Crippen LogP contribution in [0.4, 0.5) is 5.69 Å². The van der Waals surface area contributed by atoms with E-state index in [1.807, 2.05) is 6.07 Å². The molecule has 0 aliphatic carbocycles. The fraction of sp³-hybridized carbons (Fsp3) is 0.167. The molecule has 3 rings (SSSR count). The first-order valence-electron chi connectivity index (χ1n) is 7.13. The van der Waals surface area contributed by atoms with Crippen molar-refractivity contribution in [3.63, 3.8) is 0 Å². The Morgan fingerprint density at radius 3 is 2.71 bits per heavy atom. The Hall–Kier alpha value is -2.00. The van der Waals surface area contributed by atoms with E-state index in [0.717, 1.165) is 17.4 Å². The molecule has 0 amide bonds. The Morgan fingerprint density at radius 2 is 1.95 bits per heavy atom. The molecular formula is C18H18N2S. The minimum atomic E-state index is 0.787. The molecule has 106 valence electrons. The molecule has 0 fully saturated rings. The summed E-state index contributed by atoms with van der Waals surface area (Å²) in [4.78, 5) is 5.77. The Balaban J connectivity index is 2.08. The van der Waals surface area contributed by atoms with Crippen LogP contribution in [0.2, 0.25) is 0 Å². The van der Waals surface area contributed by atoms with Gasteiger partial charge in [0.25, 0.3) is 0 Å². The number of benzene rings is 2. The van der Waals surface area contributed by atoms with Gasteiger partial charge in [-0.05, 0) is 37.6 Å². The van der Waals surface area contributed by atoms with Gasteiger partial charge in [-0.25, -0.2) is 0 Å². The maximum Gasteiger partial charge on any atom is 0.165 e. The molecule has 0 saturated carbocycles. The molecule has 0 aromatic heterocycles. The summed E-state index contributed by atoms with van der Waals surface area (Å²) in [6.45, 7) is 4.97. The molecule has 0 bridgehead atoms. The van der Waals surface area contributed by atoms with E-state index in [4.69, 9.17) is 0 Å². The number of aliphatic imine (C=N–C) groups is 1. The number of fused-ring (bicyclic) bond motifs is 1. The minimum absolute atomic E-state index is 0.787. The molecule has 1 heterocycles. The Bertz CT molecular complexity index is 702. The lowest BCUT2D eigenvalue weighted by molar-refractivity contribution is 1.13. The van der Waals surface area contributed by atoms with E-state index in [2.05, 4.69) is 72.7 Å². The zero-order chi connectivity index (χ0) is 14.7. The van der Waals surface area contributed by atoms with Crippen LogP contribution in [0.3, 0.4) is 0 Å². The van der Waals surface area contributed by atoms with E-state index in [0.29, 0.717) is 0 Å². The number of rotatable bonds is 2. The van der Waals surface area contributed by atoms with Crippen molar-refractivity contribution in [2.24, 2.45) is 4.99 Å². The van der Waals surface area contributed by atoms with E-state index in [9.17, 15) is 0 Å². The summed E-state index contributed by atoms with van der Waals surface area (Å²) >= 11 is 1.70. The zero-order valence-electron chi connectivity index (χ0n) is 12.3. The predicted molar refractivity (Wildman–Crippen MR) is 94.7 cm³/mol. The Morgan fingerprint density at radius 1 is 1.14 bits per heavy atom. The van der Waals surface area contributed by atoms with E-state index in [-0.39, 0.29) is 0 Å². The fourth-order valence-corrected chi connectivity index (χ4v) is 3.33. The second-order valence-corrected chi connectivity index (χ2v) is 6.01. The highest BCUT2D eigenvalue weighted by Gasteiger charge is 2.19. The second-order valence-electron chi connectivity index (χ2n) is 4.97. The van der Waals surface area contributed by atoms with Gasteiger partial charge in [0.2, 0.25) is 0 Å². The van der Waals surface area contributed by atoms with Crippen molar-refractivity contribution in [2.75, 3.05) is 11.9 Å². The monoisotopic (exact) mass is 294 g/mol. The van der Waals surface area contributed by atoms with Gasteiger partial charge < -0.3 is 5.32 Å². The number of amidine groups is 1. The highest BCUT2D eigenvalue weighted by atomic mass is 32.2. The highest BCUT2D eigenvalue weighted by Crippen LogP contribution is 2.40. The van der Waals surface area contributed by atoms with Gasteiger partial charge in [0.1, 0.15) is 0 Å². The summed E-state index contributed by atoms with van der Waals surface area (Å²) in [5.74, 6) is 0. The van der Waals surface area contributed by atoms with Crippen LogP contribution in [0.15, 0.2) is 53.5 Å². The van der Waals surface area contributed by atoms with Crippen LogP contribution < -0.4 is 5.32 Å². The van der Waals surface area contributed by atoms with Crippen molar-refractivity contribution in [1.29, 1.82) is 0 Å². The summed E-state index contributed by atoms with van der Waals surface area (Å²) in [5.41, 5.74) is 4.86. The van der Waals surface area contributed by atoms with Crippen LogP contribution in [0.5, 0.6) is 0 Å². The van der Waals surface area contributed by atoms with Crippen LogP contribution in [0.1, 0.15) is 23.6 Å². The molecule has 0 saturated heterocycles. The number of thioether (sulfide) groups is 1. The maximum absolute atomic E-state index is 4.52. The van der Waals surface area contributed by atoms with Crippen molar-refractivity contribution in [3.05, 3.63) is 65.2 Å². The van der Waals surface area contributed by atoms with Crippen molar-refractivity contribution < 1.29 is 0 Å². The number of hydrogen-bond acceptors (Lipinski definition) is 2. The number of nitrogens with zero attached hydrogens (tertiary/aromatic N) is 1. The summed E-state index contributed by atoms with van der Waals surface area (Å²) in [6, 6.07) is 16.9. The largest absolute Gasteiger partial charge is 0.334 e. The molecule has 2 aromatic rings.